The van der Waals surface area contributed by atoms with Crippen LogP contribution in [0.4, 0.5) is 11.4 Å². The van der Waals surface area contributed by atoms with Gasteiger partial charge >= 0.3 is 5.97 Å². The van der Waals surface area contributed by atoms with Crippen LogP contribution >= 0.6 is 0 Å². The fraction of sp³-hybridized carbons (Fsp3) is 0.300. The predicted molar refractivity (Wildman–Crippen MR) is 99.4 cm³/mol. The number of ether oxygens (including phenoxy) is 1. The highest BCUT2D eigenvalue weighted by atomic mass is 16.6. The van der Waals surface area contributed by atoms with Gasteiger partial charge < -0.3 is 15.8 Å². The third-order valence-electron chi connectivity index (χ3n) is 3.46. The Balaban J connectivity index is 1.92. The lowest BCUT2D eigenvalue weighted by Gasteiger charge is -2.19. The van der Waals surface area contributed by atoms with E-state index in [1.54, 1.807) is 24.3 Å². The van der Waals surface area contributed by atoms with E-state index in [0.29, 0.717) is 29.8 Å². The van der Waals surface area contributed by atoms with Crippen molar-refractivity contribution in [3.8, 4) is 0 Å². The Morgan fingerprint density at radius 1 is 1.04 bits per heavy atom. The summed E-state index contributed by atoms with van der Waals surface area (Å²) in [4.78, 5) is 24.0. The van der Waals surface area contributed by atoms with E-state index >= 15 is 0 Å². The molecule has 1 amide bonds. The zero-order chi connectivity index (χ0) is 18.4. The predicted octanol–water partition coefficient (Wildman–Crippen LogP) is 3.80. The van der Waals surface area contributed by atoms with E-state index in [1.165, 1.54) is 0 Å². The smallest absolute Gasteiger partial charge is 0.306 e. The van der Waals surface area contributed by atoms with Gasteiger partial charge in [0, 0.05) is 12.0 Å². The summed E-state index contributed by atoms with van der Waals surface area (Å²) in [6.45, 7) is 5.54. The second kappa shape index (κ2) is 7.83. The molecule has 0 radical (unpaired) electrons. The molecular weight excluding hydrogens is 316 g/mol. The summed E-state index contributed by atoms with van der Waals surface area (Å²) in [6.07, 6.45) is 0.881. The van der Waals surface area contributed by atoms with Gasteiger partial charge in [-0.05, 0) is 57.0 Å². The van der Waals surface area contributed by atoms with E-state index in [-0.39, 0.29) is 11.9 Å². The number of benzene rings is 2. The fourth-order valence-electron chi connectivity index (χ4n) is 2.27. The Hall–Kier alpha value is -2.82. The Bertz CT molecular complexity index is 746. The maximum atomic E-state index is 12.3. The van der Waals surface area contributed by atoms with Crippen molar-refractivity contribution < 1.29 is 14.3 Å². The zero-order valence-electron chi connectivity index (χ0n) is 14.8. The number of anilines is 2. The highest BCUT2D eigenvalue weighted by molar-refractivity contribution is 6.05. The van der Waals surface area contributed by atoms with E-state index in [2.05, 4.69) is 5.32 Å². The second-order valence-electron chi connectivity index (χ2n) is 6.82. The van der Waals surface area contributed by atoms with Crippen LogP contribution in [-0.4, -0.2) is 17.5 Å². The highest BCUT2D eigenvalue weighted by Gasteiger charge is 2.16. The molecule has 0 aliphatic carbocycles. The number of para-hydroxylation sites is 2. The van der Waals surface area contributed by atoms with Crippen molar-refractivity contribution in [2.24, 2.45) is 0 Å². The normalized spacial score (nSPS) is 11.0. The van der Waals surface area contributed by atoms with Crippen LogP contribution in [0.15, 0.2) is 48.5 Å². The molecule has 5 nitrogen and oxygen atoms in total. The third kappa shape index (κ3) is 5.95. The first-order valence-corrected chi connectivity index (χ1v) is 8.21. The number of carbonyl (C=O) groups is 2. The van der Waals surface area contributed by atoms with Gasteiger partial charge in [0.2, 0.25) is 0 Å². The molecule has 2 rings (SSSR count). The Kier molecular flexibility index (Phi) is 5.80. The molecule has 25 heavy (non-hydrogen) atoms. The standard InChI is InChI=1S/C20H24N2O3/c1-20(2,3)25-18(23)13-10-14-8-11-15(12-9-14)19(24)22-17-7-5-4-6-16(17)21/h4-9,11-12H,10,13,21H2,1-3H3,(H,22,24). The van der Waals surface area contributed by atoms with E-state index in [1.807, 2.05) is 45.0 Å². The van der Waals surface area contributed by atoms with Crippen LogP contribution in [0.3, 0.4) is 0 Å². The minimum Gasteiger partial charge on any atom is -0.460 e. The maximum Gasteiger partial charge on any atom is 0.306 e. The van der Waals surface area contributed by atoms with Crippen LogP contribution in [0.1, 0.15) is 43.1 Å². The number of amides is 1. The van der Waals surface area contributed by atoms with Crippen LogP contribution in [0.2, 0.25) is 0 Å². The van der Waals surface area contributed by atoms with Crippen molar-refractivity contribution in [3.05, 3.63) is 59.7 Å². The molecule has 0 spiro atoms. The summed E-state index contributed by atoms with van der Waals surface area (Å²) in [5.41, 5.74) is 7.96. The molecule has 0 aliphatic heterocycles. The lowest BCUT2D eigenvalue weighted by molar-refractivity contribution is -0.154. The molecule has 0 bridgehead atoms. The summed E-state index contributed by atoms with van der Waals surface area (Å²) in [5, 5.41) is 2.78. The number of hydrogen-bond donors (Lipinski definition) is 2. The molecule has 0 unspecified atom stereocenters. The van der Waals surface area contributed by atoms with Gasteiger partial charge in [0.15, 0.2) is 0 Å². The van der Waals surface area contributed by atoms with Gasteiger partial charge in [-0.15, -0.1) is 0 Å². The van der Waals surface area contributed by atoms with Crippen molar-refractivity contribution in [3.63, 3.8) is 0 Å². The van der Waals surface area contributed by atoms with Crippen molar-refractivity contribution in [1.82, 2.24) is 0 Å². The van der Waals surface area contributed by atoms with Gasteiger partial charge in [0.1, 0.15) is 5.60 Å². The van der Waals surface area contributed by atoms with Crippen molar-refractivity contribution >= 4 is 23.3 Å². The summed E-state index contributed by atoms with van der Waals surface area (Å²) >= 11 is 0. The van der Waals surface area contributed by atoms with Gasteiger partial charge in [-0.3, -0.25) is 9.59 Å². The molecule has 0 saturated heterocycles. The molecule has 132 valence electrons. The largest absolute Gasteiger partial charge is 0.460 e. The Labute approximate surface area is 148 Å². The molecule has 3 N–H and O–H groups in total. The van der Waals surface area contributed by atoms with Crippen LogP contribution in [0.5, 0.6) is 0 Å². The van der Waals surface area contributed by atoms with Gasteiger partial charge in [-0.2, -0.15) is 0 Å². The topological polar surface area (TPSA) is 81.4 Å². The number of nitrogens with one attached hydrogen (secondary N) is 1. The zero-order valence-corrected chi connectivity index (χ0v) is 14.8. The number of esters is 1. The molecule has 0 saturated carbocycles. The second-order valence-corrected chi connectivity index (χ2v) is 6.82. The SMILES string of the molecule is CC(C)(C)OC(=O)CCc1ccc(C(=O)Nc2ccccc2N)cc1. The molecule has 0 heterocycles. The summed E-state index contributed by atoms with van der Waals surface area (Å²) in [5.74, 6) is -0.453. The number of rotatable bonds is 5. The van der Waals surface area contributed by atoms with Crippen LogP contribution in [-0.2, 0) is 16.0 Å². The summed E-state index contributed by atoms with van der Waals surface area (Å²) in [7, 11) is 0. The number of nitrogen functional groups attached to an aromatic ring is 1. The molecule has 0 aliphatic rings. The number of hydrogen-bond acceptors (Lipinski definition) is 4. The maximum absolute atomic E-state index is 12.3. The highest BCUT2D eigenvalue weighted by Crippen LogP contribution is 2.18. The van der Waals surface area contributed by atoms with Crippen molar-refractivity contribution in [2.75, 3.05) is 11.1 Å². The number of nitrogens with two attached hydrogens (primary N) is 1. The first-order valence-electron chi connectivity index (χ1n) is 8.21. The van der Waals surface area contributed by atoms with E-state index in [9.17, 15) is 9.59 Å². The molecular formula is C20H24N2O3. The van der Waals surface area contributed by atoms with Gasteiger partial charge in [0.25, 0.3) is 5.91 Å². The third-order valence-corrected chi connectivity index (χ3v) is 3.46. The molecule has 0 fully saturated rings. The Morgan fingerprint density at radius 3 is 2.28 bits per heavy atom. The minimum atomic E-state index is -0.474. The van der Waals surface area contributed by atoms with Gasteiger partial charge in [-0.25, -0.2) is 0 Å². The average Bonchev–Trinajstić information content (AvgIpc) is 2.54. The first-order chi connectivity index (χ1) is 11.7. The van der Waals surface area contributed by atoms with Gasteiger partial charge in [-0.1, -0.05) is 24.3 Å². The molecule has 2 aromatic carbocycles. The minimum absolute atomic E-state index is 0.225. The molecule has 0 aromatic heterocycles. The van der Waals surface area contributed by atoms with Crippen molar-refractivity contribution in [1.29, 1.82) is 0 Å². The molecule has 0 atom stereocenters. The lowest BCUT2D eigenvalue weighted by atomic mass is 10.1. The van der Waals surface area contributed by atoms with E-state index in [4.69, 9.17) is 10.5 Å². The summed E-state index contributed by atoms with van der Waals surface area (Å²) < 4.78 is 5.28. The van der Waals surface area contributed by atoms with E-state index < -0.39 is 5.60 Å². The van der Waals surface area contributed by atoms with Gasteiger partial charge in [0.05, 0.1) is 11.4 Å². The fourth-order valence-corrected chi connectivity index (χ4v) is 2.27. The quantitative estimate of drug-likeness (QED) is 0.641. The lowest BCUT2D eigenvalue weighted by Crippen LogP contribution is -2.24. The van der Waals surface area contributed by atoms with Crippen LogP contribution in [0, 0.1) is 0 Å². The monoisotopic (exact) mass is 340 g/mol. The Morgan fingerprint density at radius 2 is 1.68 bits per heavy atom. The molecule has 2 aromatic rings. The number of carbonyl (C=O) groups excluding carboxylic acids is 2. The van der Waals surface area contributed by atoms with Crippen LogP contribution in [0.25, 0.3) is 0 Å². The molecule has 5 heteroatoms. The van der Waals surface area contributed by atoms with E-state index in [0.717, 1.165) is 5.56 Å². The first kappa shape index (κ1) is 18.5. The number of aryl methyl sites for hydroxylation is 1. The average molecular weight is 340 g/mol. The van der Waals surface area contributed by atoms with Crippen molar-refractivity contribution in [2.45, 2.75) is 39.2 Å². The summed E-state index contributed by atoms with van der Waals surface area (Å²) in [6, 6.07) is 14.3. The van der Waals surface area contributed by atoms with Crippen LogP contribution < -0.4 is 11.1 Å².